The van der Waals surface area contributed by atoms with Gasteiger partial charge in [-0.1, -0.05) is 73.6 Å². The Balaban J connectivity index is 1.53. The Hall–Kier alpha value is -2.21. The number of carbonyl (C=O) groups is 1. The van der Waals surface area contributed by atoms with Crippen molar-refractivity contribution in [2.75, 3.05) is 0 Å². The number of epoxide rings is 1. The van der Waals surface area contributed by atoms with E-state index in [9.17, 15) is 9.90 Å². The van der Waals surface area contributed by atoms with Gasteiger partial charge in [-0.05, 0) is 45.6 Å². The van der Waals surface area contributed by atoms with E-state index in [0.717, 1.165) is 18.4 Å². The molecule has 7 unspecified atom stereocenters. The van der Waals surface area contributed by atoms with Crippen molar-refractivity contribution in [2.45, 2.75) is 83.3 Å². The summed E-state index contributed by atoms with van der Waals surface area (Å²) in [5.74, 6) is 0.260. The fourth-order valence-corrected chi connectivity index (χ4v) is 5.32. The Kier molecular flexibility index (Phi) is 7.99. The van der Waals surface area contributed by atoms with Crippen LogP contribution in [-0.4, -0.2) is 40.5 Å². The zero-order valence-corrected chi connectivity index (χ0v) is 20.5. The van der Waals surface area contributed by atoms with Gasteiger partial charge in [-0.25, -0.2) is 4.79 Å². The van der Waals surface area contributed by atoms with Gasteiger partial charge in [-0.2, -0.15) is 0 Å². The minimum atomic E-state index is -0.692. The molecule has 0 radical (unpaired) electrons. The van der Waals surface area contributed by atoms with E-state index >= 15 is 0 Å². The van der Waals surface area contributed by atoms with E-state index in [-0.39, 0.29) is 24.0 Å². The molecule has 3 N–H and O–H groups in total. The van der Waals surface area contributed by atoms with Gasteiger partial charge in [0.05, 0.1) is 0 Å². The van der Waals surface area contributed by atoms with Gasteiger partial charge in [0.1, 0.15) is 23.4 Å². The van der Waals surface area contributed by atoms with E-state index in [2.05, 4.69) is 45.9 Å². The van der Waals surface area contributed by atoms with Crippen LogP contribution in [0.25, 0.3) is 0 Å². The lowest BCUT2D eigenvalue weighted by Crippen LogP contribution is -2.33. The van der Waals surface area contributed by atoms with Gasteiger partial charge >= 0.3 is 5.97 Å². The number of nitrogens with two attached hydrogens (primary N) is 1. The van der Waals surface area contributed by atoms with Gasteiger partial charge in [-0.3, -0.25) is 0 Å². The van der Waals surface area contributed by atoms with Crippen molar-refractivity contribution in [1.29, 1.82) is 0 Å². The molecule has 0 spiro atoms. The summed E-state index contributed by atoms with van der Waals surface area (Å²) in [6.07, 6.45) is 20.8. The Morgan fingerprint density at radius 2 is 2.15 bits per heavy atom. The van der Waals surface area contributed by atoms with Gasteiger partial charge in [0.15, 0.2) is 0 Å². The highest BCUT2D eigenvalue weighted by Crippen LogP contribution is 2.64. The van der Waals surface area contributed by atoms with Crippen LogP contribution < -0.4 is 5.73 Å². The molecule has 7 atom stereocenters. The predicted molar refractivity (Wildman–Crippen MR) is 132 cm³/mol. The molecule has 3 aliphatic rings. The standard InChI is InChI=1S/C28H39NO4/c1-6-15-27-22(5)24(29)18-28(27,33-27)25(30)11-7-9-19(2)16-21(4)17-20(3)13-14-23-10-8-12-26(31)32-23/h6-9,11-15,17,21-25,30H,10,16,18,29H2,1-5H3/b11-7+,14-13+,15-6+,19-9+,20-17-. The van der Waals surface area contributed by atoms with Crippen molar-refractivity contribution in [1.82, 2.24) is 0 Å². The molecule has 5 heteroatoms. The van der Waals surface area contributed by atoms with E-state index in [1.54, 1.807) is 0 Å². The fraction of sp³-hybridized carbons (Fsp3) is 0.536. The number of allylic oxidation sites excluding steroid dienone is 7. The zero-order chi connectivity index (χ0) is 24.2. The molecule has 2 fully saturated rings. The minimum Gasteiger partial charge on any atom is -0.455 e. The maximum Gasteiger partial charge on any atom is 0.331 e. The molecule has 33 heavy (non-hydrogen) atoms. The van der Waals surface area contributed by atoms with Gasteiger partial charge in [0.25, 0.3) is 0 Å². The highest BCUT2D eigenvalue weighted by atomic mass is 16.6. The summed E-state index contributed by atoms with van der Waals surface area (Å²) < 4.78 is 11.4. The summed E-state index contributed by atoms with van der Waals surface area (Å²) >= 11 is 0. The summed E-state index contributed by atoms with van der Waals surface area (Å²) in [5.41, 5.74) is 7.61. The molecule has 2 heterocycles. The number of fused-ring (bicyclic) bond motifs is 1. The van der Waals surface area contributed by atoms with Crippen LogP contribution >= 0.6 is 0 Å². The zero-order valence-electron chi connectivity index (χ0n) is 20.5. The van der Waals surface area contributed by atoms with Crippen molar-refractivity contribution >= 4 is 5.97 Å². The Bertz CT molecular complexity index is 911. The molecule has 1 saturated carbocycles. The molecule has 3 rings (SSSR count). The maximum atomic E-state index is 11.3. The molecule has 2 aliphatic heterocycles. The average molecular weight is 454 g/mol. The summed E-state index contributed by atoms with van der Waals surface area (Å²) in [5, 5.41) is 10.9. The molecule has 0 aromatic heterocycles. The van der Waals surface area contributed by atoms with E-state index in [0.29, 0.717) is 12.3 Å². The van der Waals surface area contributed by atoms with Crippen molar-refractivity contribution in [2.24, 2.45) is 17.6 Å². The molecule has 0 aromatic rings. The molecular weight excluding hydrogens is 414 g/mol. The highest BCUT2D eigenvalue weighted by molar-refractivity contribution is 5.82. The van der Waals surface area contributed by atoms with Crippen LogP contribution in [0.5, 0.6) is 0 Å². The first-order chi connectivity index (χ1) is 15.6. The van der Waals surface area contributed by atoms with E-state index in [1.165, 1.54) is 11.6 Å². The molecule has 5 nitrogen and oxygen atoms in total. The van der Waals surface area contributed by atoms with Gasteiger partial charge in [0, 0.05) is 24.5 Å². The monoisotopic (exact) mass is 453 g/mol. The average Bonchev–Trinajstić information content (AvgIpc) is 3.34. The number of aliphatic hydroxyl groups is 1. The van der Waals surface area contributed by atoms with Crippen LogP contribution in [0, 0.1) is 11.8 Å². The number of esters is 1. The van der Waals surface area contributed by atoms with Crippen LogP contribution in [0.2, 0.25) is 0 Å². The third kappa shape index (κ3) is 5.48. The molecule has 180 valence electrons. The maximum absolute atomic E-state index is 11.3. The second kappa shape index (κ2) is 10.4. The fourth-order valence-electron chi connectivity index (χ4n) is 5.32. The van der Waals surface area contributed by atoms with Crippen LogP contribution in [0.15, 0.2) is 71.9 Å². The highest BCUT2D eigenvalue weighted by Gasteiger charge is 2.78. The first-order valence-electron chi connectivity index (χ1n) is 12.0. The lowest BCUT2D eigenvalue weighted by molar-refractivity contribution is -0.141. The van der Waals surface area contributed by atoms with E-state index in [4.69, 9.17) is 15.2 Å². The number of aliphatic hydroxyl groups excluding tert-OH is 1. The summed E-state index contributed by atoms with van der Waals surface area (Å²) in [4.78, 5) is 11.3. The van der Waals surface area contributed by atoms with Crippen LogP contribution in [0.3, 0.4) is 0 Å². The molecular formula is C28H39NO4. The molecule has 0 amide bonds. The van der Waals surface area contributed by atoms with Gasteiger partial charge in [0.2, 0.25) is 0 Å². The van der Waals surface area contributed by atoms with Crippen LogP contribution in [-0.2, 0) is 14.3 Å². The number of carbonyl (C=O) groups excluding carboxylic acids is 1. The first kappa shape index (κ1) is 25.4. The first-order valence-corrected chi connectivity index (χ1v) is 12.0. The number of hydrogen-bond donors (Lipinski definition) is 2. The third-order valence-electron chi connectivity index (χ3n) is 7.05. The summed E-state index contributed by atoms with van der Waals surface area (Å²) in [6, 6.07) is 0.0295. The Labute approximate surface area is 198 Å². The van der Waals surface area contributed by atoms with Crippen LogP contribution in [0.4, 0.5) is 0 Å². The summed E-state index contributed by atoms with van der Waals surface area (Å²) in [6.45, 7) is 10.4. The van der Waals surface area contributed by atoms with Crippen LogP contribution in [0.1, 0.15) is 53.9 Å². The molecule has 0 aromatic carbocycles. The number of ether oxygens (including phenoxy) is 2. The van der Waals surface area contributed by atoms with Crippen molar-refractivity contribution in [3.8, 4) is 0 Å². The predicted octanol–water partition coefficient (Wildman–Crippen LogP) is 4.70. The Morgan fingerprint density at radius 3 is 2.85 bits per heavy atom. The SMILES string of the molecule is C/C=C/C12OC1(C(O)/C=C/C=C(\C)CC(C)/C=C(C)\C=C\C1CC=CC(=O)O1)CC(N)C2C. The number of cyclic esters (lactones) is 1. The normalized spacial score (nSPS) is 36.6. The second-order valence-corrected chi connectivity index (χ2v) is 9.85. The molecule has 0 bridgehead atoms. The lowest BCUT2D eigenvalue weighted by atomic mass is 9.86. The number of hydrogen-bond acceptors (Lipinski definition) is 5. The molecule has 1 aliphatic carbocycles. The van der Waals surface area contributed by atoms with Gasteiger partial charge in [-0.15, -0.1) is 0 Å². The number of rotatable bonds is 9. The summed E-state index contributed by atoms with van der Waals surface area (Å²) in [7, 11) is 0. The molecule has 1 saturated heterocycles. The topological polar surface area (TPSA) is 85.1 Å². The van der Waals surface area contributed by atoms with Gasteiger partial charge < -0.3 is 20.3 Å². The van der Waals surface area contributed by atoms with Crippen molar-refractivity contribution < 1.29 is 19.4 Å². The second-order valence-electron chi connectivity index (χ2n) is 9.85. The smallest absolute Gasteiger partial charge is 0.331 e. The van der Waals surface area contributed by atoms with E-state index in [1.807, 2.05) is 43.4 Å². The van der Waals surface area contributed by atoms with E-state index < -0.39 is 17.3 Å². The quantitative estimate of drug-likeness (QED) is 0.229. The Morgan fingerprint density at radius 1 is 1.39 bits per heavy atom. The third-order valence-corrected chi connectivity index (χ3v) is 7.05. The van der Waals surface area contributed by atoms with Crippen molar-refractivity contribution in [3.05, 3.63) is 71.9 Å². The lowest BCUT2D eigenvalue weighted by Gasteiger charge is -2.17. The minimum absolute atomic E-state index is 0.0295. The largest absolute Gasteiger partial charge is 0.455 e. The van der Waals surface area contributed by atoms with Crippen molar-refractivity contribution in [3.63, 3.8) is 0 Å².